The van der Waals surface area contributed by atoms with Gasteiger partial charge in [0.25, 0.3) is 0 Å². The van der Waals surface area contributed by atoms with Gasteiger partial charge in [-0.1, -0.05) is 0 Å². The Hall–Kier alpha value is -1.80. The van der Waals surface area contributed by atoms with Crippen LogP contribution in [0.3, 0.4) is 0 Å². The van der Waals surface area contributed by atoms with Gasteiger partial charge in [0, 0.05) is 12.8 Å². The smallest absolute Gasteiger partial charge is 0.223 e. The second-order valence-corrected chi connectivity index (χ2v) is 3.98. The zero-order chi connectivity index (χ0) is 13.5. The maximum atomic E-state index is 11.5. The maximum absolute atomic E-state index is 11.5. The predicted molar refractivity (Wildman–Crippen MR) is 61.2 cm³/mol. The van der Waals surface area contributed by atoms with E-state index in [-0.39, 0.29) is 31.8 Å². The van der Waals surface area contributed by atoms with E-state index in [2.05, 4.69) is 16.0 Å². The molecule has 0 aromatic carbocycles. The van der Waals surface area contributed by atoms with E-state index in [1.54, 1.807) is 0 Å². The summed E-state index contributed by atoms with van der Waals surface area (Å²) in [6.45, 7) is -0.199. The summed E-state index contributed by atoms with van der Waals surface area (Å²) in [5.41, 5.74) is 5.54. The molecule has 0 aromatic rings. The molecule has 18 heavy (non-hydrogen) atoms. The van der Waals surface area contributed by atoms with Crippen LogP contribution >= 0.6 is 0 Å². The number of amides is 2. The maximum Gasteiger partial charge on any atom is 0.223 e. The van der Waals surface area contributed by atoms with Crippen molar-refractivity contribution in [2.24, 2.45) is 5.73 Å². The number of ketones is 1. The zero-order valence-electron chi connectivity index (χ0n) is 9.77. The molecule has 1 aliphatic heterocycles. The lowest BCUT2D eigenvalue weighted by Crippen LogP contribution is -2.48. The second-order valence-electron chi connectivity index (χ2n) is 3.98. The zero-order valence-corrected chi connectivity index (χ0v) is 9.77. The first-order valence-corrected chi connectivity index (χ1v) is 5.53. The lowest BCUT2D eigenvalue weighted by Gasteiger charge is -2.17. The molecule has 0 aliphatic carbocycles. The standard InChI is InChI=1S/C10H16N4O4/c11-7-2-10(18)14-5-13-9(17)1-6(4-15)12-3-8(7)16/h4,6-7,12H,1-3,5,11H2,(H,13,17)(H,14,18). The molecule has 0 spiro atoms. The summed E-state index contributed by atoms with van der Waals surface area (Å²) in [7, 11) is 0. The third-order valence-electron chi connectivity index (χ3n) is 2.50. The van der Waals surface area contributed by atoms with Crippen LogP contribution in [-0.4, -0.2) is 49.2 Å². The summed E-state index contributed by atoms with van der Waals surface area (Å²) >= 11 is 0. The summed E-state index contributed by atoms with van der Waals surface area (Å²) in [4.78, 5) is 44.9. The van der Waals surface area contributed by atoms with Crippen molar-refractivity contribution in [2.45, 2.75) is 24.9 Å². The fourth-order valence-electron chi connectivity index (χ4n) is 1.43. The van der Waals surface area contributed by atoms with Gasteiger partial charge in [0.1, 0.15) is 6.29 Å². The van der Waals surface area contributed by atoms with E-state index in [4.69, 9.17) is 5.73 Å². The molecule has 8 heteroatoms. The number of rotatable bonds is 1. The van der Waals surface area contributed by atoms with Crippen LogP contribution < -0.4 is 21.7 Å². The van der Waals surface area contributed by atoms with Gasteiger partial charge in [0.2, 0.25) is 11.8 Å². The molecule has 2 amide bonds. The third-order valence-corrected chi connectivity index (χ3v) is 2.50. The first kappa shape index (κ1) is 14.3. The van der Waals surface area contributed by atoms with Gasteiger partial charge in [0.05, 0.1) is 25.3 Å². The summed E-state index contributed by atoms with van der Waals surface area (Å²) in [5.74, 6) is -1.18. The largest absolute Gasteiger partial charge is 0.339 e. The van der Waals surface area contributed by atoms with E-state index in [1.807, 2.05) is 0 Å². The van der Waals surface area contributed by atoms with Crippen molar-refractivity contribution in [3.05, 3.63) is 0 Å². The van der Waals surface area contributed by atoms with Crippen molar-refractivity contribution in [1.29, 1.82) is 0 Å². The summed E-state index contributed by atoms with van der Waals surface area (Å²) < 4.78 is 0. The van der Waals surface area contributed by atoms with Gasteiger partial charge in [-0.15, -0.1) is 0 Å². The number of carbonyl (C=O) groups excluding carboxylic acids is 4. The van der Waals surface area contributed by atoms with E-state index in [0.717, 1.165) is 0 Å². The Kier molecular flexibility index (Phi) is 5.40. The SMILES string of the molecule is NC1CC(=O)NCNC(=O)CC(C=O)NCC1=O. The minimum atomic E-state index is -0.917. The molecule has 0 radical (unpaired) electrons. The monoisotopic (exact) mass is 256 g/mol. The summed E-state index contributed by atoms with van der Waals surface area (Å²) in [6, 6.07) is -1.66. The molecule has 1 saturated heterocycles. The highest BCUT2D eigenvalue weighted by atomic mass is 16.2. The van der Waals surface area contributed by atoms with Gasteiger partial charge in [-0.3, -0.25) is 14.4 Å². The van der Waals surface area contributed by atoms with E-state index in [9.17, 15) is 19.2 Å². The third kappa shape index (κ3) is 4.60. The number of nitrogens with two attached hydrogens (primary N) is 1. The summed E-state index contributed by atoms with van der Waals surface area (Å²) in [6.07, 6.45) is 0.312. The molecule has 1 fully saturated rings. The molecular formula is C10H16N4O4. The van der Waals surface area contributed by atoms with Crippen LogP contribution in [0.1, 0.15) is 12.8 Å². The molecule has 1 rings (SSSR count). The van der Waals surface area contributed by atoms with Crippen molar-refractivity contribution in [2.75, 3.05) is 13.2 Å². The fraction of sp³-hybridized carbons (Fsp3) is 0.600. The molecule has 2 unspecified atom stereocenters. The Bertz CT molecular complexity index is 358. The quantitative estimate of drug-likeness (QED) is 0.370. The molecule has 0 bridgehead atoms. The molecule has 0 saturated carbocycles. The van der Waals surface area contributed by atoms with Gasteiger partial charge >= 0.3 is 0 Å². The van der Waals surface area contributed by atoms with E-state index < -0.39 is 23.9 Å². The van der Waals surface area contributed by atoms with Crippen LogP contribution in [0.15, 0.2) is 0 Å². The Morgan fingerprint density at radius 3 is 2.33 bits per heavy atom. The van der Waals surface area contributed by atoms with Crippen molar-refractivity contribution < 1.29 is 19.2 Å². The average Bonchev–Trinajstić information content (AvgIpc) is 2.32. The van der Waals surface area contributed by atoms with E-state index in [1.165, 1.54) is 0 Å². The fourth-order valence-corrected chi connectivity index (χ4v) is 1.43. The number of hydrogen-bond acceptors (Lipinski definition) is 6. The van der Waals surface area contributed by atoms with Crippen LogP contribution in [0, 0.1) is 0 Å². The van der Waals surface area contributed by atoms with Gasteiger partial charge in [-0.05, 0) is 0 Å². The van der Waals surface area contributed by atoms with E-state index in [0.29, 0.717) is 6.29 Å². The summed E-state index contributed by atoms with van der Waals surface area (Å²) in [5, 5.41) is 7.45. The highest BCUT2D eigenvalue weighted by Gasteiger charge is 2.20. The molecule has 1 aliphatic rings. The minimum Gasteiger partial charge on any atom is -0.339 e. The highest BCUT2D eigenvalue weighted by Crippen LogP contribution is 1.94. The van der Waals surface area contributed by atoms with E-state index >= 15 is 0 Å². The van der Waals surface area contributed by atoms with Gasteiger partial charge in [-0.25, -0.2) is 0 Å². The molecule has 5 N–H and O–H groups in total. The number of Topliss-reactive ketones (excluding diaryl/α,β-unsaturated/α-hetero) is 1. The average molecular weight is 256 g/mol. The molecule has 2 atom stereocenters. The molecule has 1 heterocycles. The normalized spacial score (nSPS) is 27.5. The second kappa shape index (κ2) is 6.82. The van der Waals surface area contributed by atoms with Crippen molar-refractivity contribution in [3.8, 4) is 0 Å². The van der Waals surface area contributed by atoms with Crippen LogP contribution in [0.2, 0.25) is 0 Å². The number of carbonyl (C=O) groups is 4. The van der Waals surface area contributed by atoms with Crippen molar-refractivity contribution >= 4 is 23.9 Å². The minimum absolute atomic E-state index is 0.0514. The number of hydrogen-bond donors (Lipinski definition) is 4. The Labute approximate surface area is 104 Å². The molecular weight excluding hydrogens is 240 g/mol. The highest BCUT2D eigenvalue weighted by molar-refractivity contribution is 5.91. The van der Waals surface area contributed by atoms with Crippen LogP contribution in [0.5, 0.6) is 0 Å². The first-order chi connectivity index (χ1) is 8.52. The molecule has 0 aromatic heterocycles. The van der Waals surface area contributed by atoms with Gasteiger partial charge in [-0.2, -0.15) is 0 Å². The molecule has 8 nitrogen and oxygen atoms in total. The molecule has 100 valence electrons. The van der Waals surface area contributed by atoms with Gasteiger partial charge in [0.15, 0.2) is 5.78 Å². The van der Waals surface area contributed by atoms with Crippen LogP contribution in [0.25, 0.3) is 0 Å². The first-order valence-electron chi connectivity index (χ1n) is 5.53. The van der Waals surface area contributed by atoms with Crippen LogP contribution in [-0.2, 0) is 19.2 Å². The van der Waals surface area contributed by atoms with Crippen LogP contribution in [0.4, 0.5) is 0 Å². The van der Waals surface area contributed by atoms with Gasteiger partial charge < -0.3 is 26.5 Å². The number of nitrogens with one attached hydrogen (secondary N) is 3. The van der Waals surface area contributed by atoms with Crippen molar-refractivity contribution in [3.63, 3.8) is 0 Å². The van der Waals surface area contributed by atoms with Crippen molar-refractivity contribution in [1.82, 2.24) is 16.0 Å². The Morgan fingerprint density at radius 1 is 1.11 bits per heavy atom. The lowest BCUT2D eigenvalue weighted by molar-refractivity contribution is -0.128. The number of aldehydes is 1. The lowest BCUT2D eigenvalue weighted by atomic mass is 10.1. The Balaban J connectivity index is 2.66. The topological polar surface area (TPSA) is 130 Å². The Morgan fingerprint density at radius 2 is 1.72 bits per heavy atom. The predicted octanol–water partition coefficient (Wildman–Crippen LogP) is -2.98.